The van der Waals surface area contributed by atoms with Crippen molar-refractivity contribution in [3.8, 4) is 0 Å². The van der Waals surface area contributed by atoms with Gasteiger partial charge in [0.05, 0.1) is 17.8 Å². The van der Waals surface area contributed by atoms with E-state index >= 15 is 0 Å². The van der Waals surface area contributed by atoms with Gasteiger partial charge in [0.2, 0.25) is 0 Å². The first-order valence-corrected chi connectivity index (χ1v) is 7.24. The molecule has 2 aromatic rings. The molecule has 0 heterocycles. The average molecular weight is 373 g/mol. The third kappa shape index (κ3) is 3.74. The lowest BCUT2D eigenvalue weighted by Gasteiger charge is -2.20. The molecule has 0 saturated carbocycles. The molecule has 3 nitrogen and oxygen atoms in total. The largest absolute Gasteiger partial charge is 0.467 e. The summed E-state index contributed by atoms with van der Waals surface area (Å²) < 4.78 is 18.8. The molecule has 0 aliphatic carbocycles. The minimum atomic E-state index is -0.875. The Kier molecular flexibility index (Phi) is 5.20. The Bertz CT molecular complexity index is 666. The highest BCUT2D eigenvalue weighted by molar-refractivity contribution is 9.10. The molecule has 0 bridgehead atoms. The Hall–Kier alpha value is -1.59. The molecule has 2 aromatic carbocycles. The Morgan fingerprint density at radius 1 is 1.33 bits per heavy atom. The SMILES string of the molecule is COC(=O)C(Nc1ccccc1Cl)c1cc(F)ccc1Br. The van der Waals surface area contributed by atoms with Crippen LogP contribution in [0.15, 0.2) is 46.9 Å². The molecule has 0 spiro atoms. The summed E-state index contributed by atoms with van der Waals surface area (Å²) in [7, 11) is 1.27. The summed E-state index contributed by atoms with van der Waals surface area (Å²) in [5.74, 6) is -0.982. The fourth-order valence-electron chi connectivity index (χ4n) is 1.85. The number of halogens is 3. The second-order valence-corrected chi connectivity index (χ2v) is 5.51. The molecule has 0 amide bonds. The van der Waals surface area contributed by atoms with Crippen molar-refractivity contribution in [1.82, 2.24) is 0 Å². The number of anilines is 1. The number of methoxy groups -OCH3 is 1. The summed E-state index contributed by atoms with van der Waals surface area (Å²) in [6.45, 7) is 0. The van der Waals surface area contributed by atoms with E-state index in [0.29, 0.717) is 20.7 Å². The smallest absolute Gasteiger partial charge is 0.333 e. The lowest BCUT2D eigenvalue weighted by molar-refractivity contribution is -0.141. The van der Waals surface area contributed by atoms with Gasteiger partial charge < -0.3 is 10.1 Å². The molecule has 2 rings (SSSR count). The van der Waals surface area contributed by atoms with Crippen molar-refractivity contribution in [3.05, 3.63) is 63.3 Å². The van der Waals surface area contributed by atoms with Gasteiger partial charge in [-0.1, -0.05) is 39.7 Å². The number of ether oxygens (including phenoxy) is 1. The van der Waals surface area contributed by atoms with E-state index < -0.39 is 17.8 Å². The number of carbonyl (C=O) groups excluding carboxylic acids is 1. The quantitative estimate of drug-likeness (QED) is 0.799. The van der Waals surface area contributed by atoms with Crippen LogP contribution >= 0.6 is 27.5 Å². The number of hydrogen-bond acceptors (Lipinski definition) is 3. The summed E-state index contributed by atoms with van der Waals surface area (Å²) >= 11 is 9.39. The minimum absolute atomic E-state index is 0.432. The van der Waals surface area contributed by atoms with Crippen LogP contribution in [0.4, 0.5) is 10.1 Å². The maximum Gasteiger partial charge on any atom is 0.333 e. The molecule has 0 fully saturated rings. The van der Waals surface area contributed by atoms with E-state index in [1.54, 1.807) is 24.3 Å². The molecular formula is C15H12BrClFNO2. The van der Waals surface area contributed by atoms with Crippen molar-refractivity contribution in [1.29, 1.82) is 0 Å². The van der Waals surface area contributed by atoms with E-state index in [1.807, 2.05) is 0 Å². The molecule has 0 aromatic heterocycles. The Morgan fingerprint density at radius 3 is 2.71 bits per heavy atom. The average Bonchev–Trinajstić information content (AvgIpc) is 2.48. The third-order valence-electron chi connectivity index (χ3n) is 2.88. The highest BCUT2D eigenvalue weighted by atomic mass is 79.9. The molecule has 0 saturated heterocycles. The Morgan fingerprint density at radius 2 is 2.05 bits per heavy atom. The first kappa shape index (κ1) is 15.8. The molecule has 110 valence electrons. The number of rotatable bonds is 4. The maximum atomic E-state index is 13.5. The van der Waals surface area contributed by atoms with Crippen molar-refractivity contribution in [2.45, 2.75) is 6.04 Å². The van der Waals surface area contributed by atoms with Gasteiger partial charge in [-0.2, -0.15) is 0 Å². The van der Waals surface area contributed by atoms with E-state index in [-0.39, 0.29) is 0 Å². The van der Waals surface area contributed by atoms with Gasteiger partial charge in [-0.3, -0.25) is 0 Å². The zero-order valence-electron chi connectivity index (χ0n) is 11.1. The van der Waals surface area contributed by atoms with Crippen LogP contribution in [0.3, 0.4) is 0 Å². The molecule has 0 aliphatic rings. The van der Waals surface area contributed by atoms with Gasteiger partial charge in [-0.15, -0.1) is 0 Å². The van der Waals surface area contributed by atoms with Crippen molar-refractivity contribution >= 4 is 39.2 Å². The summed E-state index contributed by atoms with van der Waals surface area (Å²) in [6.07, 6.45) is 0. The van der Waals surface area contributed by atoms with Gasteiger partial charge in [0.15, 0.2) is 6.04 Å². The normalized spacial score (nSPS) is 11.8. The number of para-hydroxylation sites is 1. The predicted octanol–water partition coefficient (Wildman–Crippen LogP) is 4.57. The molecule has 6 heteroatoms. The minimum Gasteiger partial charge on any atom is -0.467 e. The topological polar surface area (TPSA) is 38.3 Å². The lowest BCUT2D eigenvalue weighted by Crippen LogP contribution is -2.23. The van der Waals surface area contributed by atoms with E-state index in [2.05, 4.69) is 21.2 Å². The van der Waals surface area contributed by atoms with E-state index in [0.717, 1.165) is 0 Å². The van der Waals surface area contributed by atoms with Gasteiger partial charge in [-0.25, -0.2) is 9.18 Å². The maximum absolute atomic E-state index is 13.5. The predicted molar refractivity (Wildman–Crippen MR) is 83.9 cm³/mol. The Balaban J connectivity index is 2.42. The summed E-state index contributed by atoms with van der Waals surface area (Å²) in [5, 5.41) is 3.44. The monoisotopic (exact) mass is 371 g/mol. The van der Waals surface area contributed by atoms with Crippen molar-refractivity contribution in [3.63, 3.8) is 0 Å². The first-order valence-electron chi connectivity index (χ1n) is 6.06. The summed E-state index contributed by atoms with van der Waals surface area (Å²) in [5.41, 5.74) is 0.993. The van der Waals surface area contributed by atoms with Gasteiger partial charge in [0, 0.05) is 10.0 Å². The van der Waals surface area contributed by atoms with Crippen molar-refractivity contribution in [2.24, 2.45) is 0 Å². The third-order valence-corrected chi connectivity index (χ3v) is 3.93. The van der Waals surface area contributed by atoms with E-state index in [4.69, 9.17) is 16.3 Å². The van der Waals surface area contributed by atoms with Crippen LogP contribution in [0.1, 0.15) is 11.6 Å². The molecule has 1 unspecified atom stereocenters. The fraction of sp³-hybridized carbons (Fsp3) is 0.133. The van der Waals surface area contributed by atoms with Crippen LogP contribution in [-0.2, 0) is 9.53 Å². The zero-order valence-corrected chi connectivity index (χ0v) is 13.4. The summed E-state index contributed by atoms with van der Waals surface area (Å²) in [6, 6.07) is 10.2. The lowest BCUT2D eigenvalue weighted by atomic mass is 10.1. The van der Waals surface area contributed by atoms with Crippen LogP contribution in [-0.4, -0.2) is 13.1 Å². The van der Waals surface area contributed by atoms with Crippen LogP contribution in [0, 0.1) is 5.82 Å². The summed E-state index contributed by atoms with van der Waals surface area (Å²) in [4.78, 5) is 12.0. The highest BCUT2D eigenvalue weighted by Gasteiger charge is 2.24. The highest BCUT2D eigenvalue weighted by Crippen LogP contribution is 2.31. The van der Waals surface area contributed by atoms with Gasteiger partial charge in [0.1, 0.15) is 5.82 Å². The van der Waals surface area contributed by atoms with E-state index in [9.17, 15) is 9.18 Å². The van der Waals surface area contributed by atoms with Gasteiger partial charge >= 0.3 is 5.97 Å². The van der Waals surface area contributed by atoms with Crippen LogP contribution in [0.2, 0.25) is 5.02 Å². The van der Waals surface area contributed by atoms with Gasteiger partial charge in [-0.05, 0) is 30.3 Å². The number of esters is 1. The number of nitrogens with one attached hydrogen (secondary N) is 1. The van der Waals surface area contributed by atoms with E-state index in [1.165, 1.54) is 25.3 Å². The molecule has 0 radical (unpaired) electrons. The zero-order chi connectivity index (χ0) is 15.4. The first-order chi connectivity index (χ1) is 10.0. The number of carbonyl (C=O) groups is 1. The van der Waals surface area contributed by atoms with Crippen molar-refractivity contribution < 1.29 is 13.9 Å². The second-order valence-electron chi connectivity index (χ2n) is 4.25. The van der Waals surface area contributed by atoms with Crippen LogP contribution < -0.4 is 5.32 Å². The second kappa shape index (κ2) is 6.91. The molecular weight excluding hydrogens is 361 g/mol. The number of benzene rings is 2. The molecule has 0 aliphatic heterocycles. The molecule has 1 atom stereocenters. The number of hydrogen-bond donors (Lipinski definition) is 1. The molecule has 1 N–H and O–H groups in total. The molecule has 21 heavy (non-hydrogen) atoms. The standard InChI is InChI=1S/C15H12BrClFNO2/c1-21-15(20)14(10-8-9(18)6-7-11(10)16)19-13-5-3-2-4-12(13)17/h2-8,14,19H,1H3. The van der Waals surface area contributed by atoms with Crippen molar-refractivity contribution in [2.75, 3.05) is 12.4 Å². The van der Waals surface area contributed by atoms with Crippen LogP contribution in [0.25, 0.3) is 0 Å². The Labute approximate surface area is 135 Å². The van der Waals surface area contributed by atoms with Crippen LogP contribution in [0.5, 0.6) is 0 Å². The van der Waals surface area contributed by atoms with Gasteiger partial charge in [0.25, 0.3) is 0 Å². The fourth-order valence-corrected chi connectivity index (χ4v) is 2.52.